The highest BCUT2D eigenvalue weighted by atomic mass is 19.4. The molecular weight excluding hydrogens is 247 g/mol. The summed E-state index contributed by atoms with van der Waals surface area (Å²) in [6.07, 6.45) is -0.476. The van der Waals surface area contributed by atoms with Crippen LogP contribution in [0.15, 0.2) is 0 Å². The molecule has 0 radical (unpaired) electrons. The quantitative estimate of drug-likeness (QED) is 0.796. The first-order valence-corrected chi connectivity index (χ1v) is 6.33. The average molecular weight is 267 g/mol. The molecule has 6 heteroatoms. The summed E-state index contributed by atoms with van der Waals surface area (Å²) in [5, 5.41) is 2.46. The minimum atomic E-state index is -4.66. The second-order valence-corrected chi connectivity index (χ2v) is 4.82. The summed E-state index contributed by atoms with van der Waals surface area (Å²) in [4.78, 5) is 11.6. The van der Waals surface area contributed by atoms with Crippen molar-refractivity contribution in [3.63, 3.8) is 0 Å². The Kier molecular flexibility index (Phi) is 5.01. The van der Waals surface area contributed by atoms with Crippen LogP contribution < -0.4 is 5.32 Å². The van der Waals surface area contributed by atoms with Crippen molar-refractivity contribution in [1.29, 1.82) is 0 Å². The van der Waals surface area contributed by atoms with Crippen LogP contribution in [0.2, 0.25) is 0 Å². The summed E-state index contributed by atoms with van der Waals surface area (Å²) in [6, 6.07) is -0.269. The normalized spacial score (nSPS) is 21.4. The van der Waals surface area contributed by atoms with Gasteiger partial charge in [0.05, 0.1) is 6.61 Å². The fourth-order valence-electron chi connectivity index (χ4n) is 2.19. The van der Waals surface area contributed by atoms with E-state index in [9.17, 15) is 18.0 Å². The summed E-state index contributed by atoms with van der Waals surface area (Å²) < 4.78 is 43.8. The van der Waals surface area contributed by atoms with Gasteiger partial charge in [0.1, 0.15) is 0 Å². The van der Waals surface area contributed by atoms with Crippen molar-refractivity contribution >= 4 is 5.97 Å². The van der Waals surface area contributed by atoms with E-state index in [0.717, 1.165) is 26.2 Å². The largest absolute Gasteiger partial charge is 0.464 e. The maximum absolute atomic E-state index is 13.1. The van der Waals surface area contributed by atoms with Crippen molar-refractivity contribution in [3.8, 4) is 0 Å². The van der Waals surface area contributed by atoms with Gasteiger partial charge < -0.3 is 4.74 Å². The van der Waals surface area contributed by atoms with Crippen LogP contribution in [-0.4, -0.2) is 30.3 Å². The minimum absolute atomic E-state index is 0.0587. The Balaban J connectivity index is 2.80. The average Bonchev–Trinajstić information content (AvgIpc) is 2.29. The van der Waals surface area contributed by atoms with Crippen molar-refractivity contribution in [1.82, 2.24) is 5.32 Å². The number of ether oxygens (including phenoxy) is 1. The Hall–Kier alpha value is -0.780. The molecule has 1 saturated carbocycles. The lowest BCUT2D eigenvalue weighted by Gasteiger charge is -2.35. The molecule has 0 saturated heterocycles. The van der Waals surface area contributed by atoms with Crippen LogP contribution >= 0.6 is 0 Å². The zero-order valence-electron chi connectivity index (χ0n) is 10.8. The Morgan fingerprint density at radius 3 is 2.28 bits per heavy atom. The first-order valence-electron chi connectivity index (χ1n) is 6.33. The van der Waals surface area contributed by atoms with Gasteiger partial charge in [0.2, 0.25) is 5.54 Å². The number of esters is 1. The fraction of sp³-hybridized carbons (Fsp3) is 0.917. The Bertz CT molecular complexity index is 288. The Labute approximate surface area is 105 Å². The van der Waals surface area contributed by atoms with E-state index in [1.807, 2.05) is 0 Å². The summed E-state index contributed by atoms with van der Waals surface area (Å²) in [5.74, 6) is -1.25. The van der Waals surface area contributed by atoms with Crippen LogP contribution in [0.5, 0.6) is 0 Å². The Morgan fingerprint density at radius 1 is 1.28 bits per heavy atom. The second kappa shape index (κ2) is 5.91. The number of carbonyl (C=O) groups is 1. The van der Waals surface area contributed by atoms with E-state index in [1.54, 1.807) is 0 Å². The van der Waals surface area contributed by atoms with Gasteiger partial charge in [-0.25, -0.2) is 4.79 Å². The van der Waals surface area contributed by atoms with Gasteiger partial charge in [0.25, 0.3) is 0 Å². The molecule has 0 aromatic heterocycles. The highest BCUT2D eigenvalue weighted by molar-refractivity contribution is 5.81. The van der Waals surface area contributed by atoms with E-state index >= 15 is 0 Å². The number of carbonyl (C=O) groups excluding carboxylic acids is 1. The Morgan fingerprint density at radius 2 is 1.83 bits per heavy atom. The van der Waals surface area contributed by atoms with Gasteiger partial charge in [-0.3, -0.25) is 5.32 Å². The molecule has 0 spiro atoms. The van der Waals surface area contributed by atoms with Crippen LogP contribution in [0.4, 0.5) is 13.2 Å². The molecule has 0 aliphatic heterocycles. The maximum atomic E-state index is 13.1. The van der Waals surface area contributed by atoms with E-state index in [0.29, 0.717) is 12.8 Å². The first kappa shape index (κ1) is 15.3. The van der Waals surface area contributed by atoms with Crippen molar-refractivity contribution in [3.05, 3.63) is 0 Å². The molecule has 0 aromatic carbocycles. The lowest BCUT2D eigenvalue weighted by atomic mass is 9.91. The third-order valence-electron chi connectivity index (χ3n) is 3.35. The smallest absolute Gasteiger partial charge is 0.417 e. The number of alkyl halides is 3. The van der Waals surface area contributed by atoms with Gasteiger partial charge in [0.15, 0.2) is 0 Å². The van der Waals surface area contributed by atoms with E-state index in [2.05, 4.69) is 10.1 Å². The van der Waals surface area contributed by atoms with E-state index < -0.39 is 17.7 Å². The van der Waals surface area contributed by atoms with Gasteiger partial charge in [-0.05, 0) is 26.7 Å². The molecule has 1 unspecified atom stereocenters. The van der Waals surface area contributed by atoms with Crippen molar-refractivity contribution in [2.24, 2.45) is 0 Å². The predicted octanol–water partition coefficient (Wildman–Crippen LogP) is 2.79. The monoisotopic (exact) mass is 267 g/mol. The topological polar surface area (TPSA) is 38.3 Å². The van der Waals surface area contributed by atoms with Crippen LogP contribution in [0.1, 0.15) is 46.0 Å². The van der Waals surface area contributed by atoms with Gasteiger partial charge >= 0.3 is 12.1 Å². The van der Waals surface area contributed by atoms with Gasteiger partial charge in [-0.2, -0.15) is 13.2 Å². The van der Waals surface area contributed by atoms with Gasteiger partial charge in [-0.1, -0.05) is 19.3 Å². The van der Waals surface area contributed by atoms with Gasteiger partial charge in [0, 0.05) is 6.04 Å². The number of rotatable bonds is 4. The van der Waals surface area contributed by atoms with Crippen LogP contribution in [0.25, 0.3) is 0 Å². The molecule has 1 rings (SSSR count). The molecule has 1 aliphatic rings. The SMILES string of the molecule is CCOC(=O)C(C)(NC1CCCCC1)C(F)(F)F. The molecule has 1 atom stereocenters. The molecule has 0 heterocycles. The number of nitrogens with one attached hydrogen (secondary N) is 1. The van der Waals surface area contributed by atoms with E-state index in [1.165, 1.54) is 6.92 Å². The van der Waals surface area contributed by atoms with Crippen molar-refractivity contribution in [2.75, 3.05) is 6.61 Å². The summed E-state index contributed by atoms with van der Waals surface area (Å²) >= 11 is 0. The summed E-state index contributed by atoms with van der Waals surface area (Å²) in [5.41, 5.74) is -2.61. The zero-order valence-corrected chi connectivity index (χ0v) is 10.8. The highest BCUT2D eigenvalue weighted by Gasteiger charge is 2.58. The molecule has 0 bridgehead atoms. The lowest BCUT2D eigenvalue weighted by Crippen LogP contribution is -2.63. The molecular formula is C12H20F3NO2. The van der Waals surface area contributed by atoms with Crippen LogP contribution in [0, 0.1) is 0 Å². The standard InChI is InChI=1S/C12H20F3NO2/c1-3-18-10(17)11(2,12(13,14)15)16-9-7-5-4-6-8-9/h9,16H,3-8H2,1-2H3. The molecule has 1 N–H and O–H groups in total. The molecule has 106 valence electrons. The predicted molar refractivity (Wildman–Crippen MR) is 61.1 cm³/mol. The molecule has 0 aromatic rings. The fourth-order valence-corrected chi connectivity index (χ4v) is 2.19. The zero-order chi connectivity index (χ0) is 13.8. The van der Waals surface area contributed by atoms with Gasteiger partial charge in [-0.15, -0.1) is 0 Å². The molecule has 3 nitrogen and oxygen atoms in total. The molecule has 18 heavy (non-hydrogen) atoms. The minimum Gasteiger partial charge on any atom is -0.464 e. The second-order valence-electron chi connectivity index (χ2n) is 4.82. The third-order valence-corrected chi connectivity index (χ3v) is 3.35. The molecule has 0 amide bonds. The van der Waals surface area contributed by atoms with Crippen molar-refractivity contribution in [2.45, 2.75) is 63.7 Å². The number of hydrogen-bond donors (Lipinski definition) is 1. The van der Waals surface area contributed by atoms with E-state index in [4.69, 9.17) is 0 Å². The first-order chi connectivity index (χ1) is 8.31. The summed E-state index contributed by atoms with van der Waals surface area (Å²) in [7, 11) is 0. The van der Waals surface area contributed by atoms with E-state index in [-0.39, 0.29) is 12.6 Å². The number of halogens is 3. The van der Waals surface area contributed by atoms with Crippen LogP contribution in [-0.2, 0) is 9.53 Å². The summed E-state index contributed by atoms with van der Waals surface area (Å²) in [6.45, 7) is 2.30. The van der Waals surface area contributed by atoms with Crippen LogP contribution in [0.3, 0.4) is 0 Å². The molecule has 1 aliphatic carbocycles. The highest BCUT2D eigenvalue weighted by Crippen LogP contribution is 2.33. The maximum Gasteiger partial charge on any atom is 0.417 e. The third kappa shape index (κ3) is 3.37. The van der Waals surface area contributed by atoms with Crippen molar-refractivity contribution < 1.29 is 22.7 Å². The molecule has 1 fully saturated rings. The number of hydrogen-bond acceptors (Lipinski definition) is 3. The lowest BCUT2D eigenvalue weighted by molar-refractivity contribution is -0.211.